The second-order valence-corrected chi connectivity index (χ2v) is 4.98. The molecule has 0 saturated carbocycles. The largest absolute Gasteiger partial charge is 0.294 e. The van der Waals surface area contributed by atoms with E-state index in [1.165, 1.54) is 11.1 Å². The molecule has 0 bridgehead atoms. The molecule has 18 heavy (non-hydrogen) atoms. The Balaban J connectivity index is 1.83. The predicted octanol–water partition coefficient (Wildman–Crippen LogP) is 2.79. The summed E-state index contributed by atoms with van der Waals surface area (Å²) in [5.41, 5.74) is 2.48. The smallest absolute Gasteiger partial charge is 0.0926 e. The van der Waals surface area contributed by atoms with Crippen LogP contribution >= 0.6 is 0 Å². The van der Waals surface area contributed by atoms with Gasteiger partial charge in [-0.15, -0.1) is 0 Å². The minimum atomic E-state index is -0.137. The van der Waals surface area contributed by atoms with Crippen molar-refractivity contribution in [3.8, 4) is 0 Å². The van der Waals surface area contributed by atoms with E-state index in [9.17, 15) is 0 Å². The highest BCUT2D eigenvalue weighted by Crippen LogP contribution is 2.28. The zero-order chi connectivity index (χ0) is 12.4. The zero-order valence-electron chi connectivity index (χ0n) is 10.6. The van der Waals surface area contributed by atoms with Crippen LogP contribution < -0.4 is 10.6 Å². The van der Waals surface area contributed by atoms with Crippen molar-refractivity contribution in [2.24, 2.45) is 0 Å². The summed E-state index contributed by atoms with van der Waals surface area (Å²) in [4.78, 5) is 0. The fourth-order valence-corrected chi connectivity index (χ4v) is 2.60. The third-order valence-electron chi connectivity index (χ3n) is 3.68. The summed E-state index contributed by atoms with van der Waals surface area (Å²) in [6, 6.07) is 21.5. The van der Waals surface area contributed by atoms with Gasteiger partial charge in [-0.25, -0.2) is 0 Å². The van der Waals surface area contributed by atoms with E-state index in [-0.39, 0.29) is 5.66 Å². The van der Waals surface area contributed by atoms with Gasteiger partial charge in [0, 0.05) is 12.6 Å². The molecular formula is C16H18N2. The number of benzene rings is 2. The van der Waals surface area contributed by atoms with Gasteiger partial charge in [0.25, 0.3) is 0 Å². The Morgan fingerprint density at radius 3 is 2.22 bits per heavy atom. The lowest BCUT2D eigenvalue weighted by molar-refractivity contribution is 0.370. The Bertz CT molecular complexity index is 509. The first-order chi connectivity index (χ1) is 8.78. The molecule has 2 nitrogen and oxygen atoms in total. The fraction of sp³-hybridized carbons (Fsp3) is 0.250. The molecule has 2 aromatic carbocycles. The van der Waals surface area contributed by atoms with E-state index in [4.69, 9.17) is 0 Å². The maximum absolute atomic E-state index is 3.69. The van der Waals surface area contributed by atoms with Gasteiger partial charge >= 0.3 is 0 Å². The van der Waals surface area contributed by atoms with Crippen LogP contribution in [0.2, 0.25) is 0 Å². The van der Waals surface area contributed by atoms with E-state index in [1.807, 2.05) is 0 Å². The second kappa shape index (κ2) is 4.56. The molecule has 2 unspecified atom stereocenters. The van der Waals surface area contributed by atoms with Gasteiger partial charge in [-0.3, -0.25) is 10.6 Å². The summed E-state index contributed by atoms with van der Waals surface area (Å²) in [5, 5.41) is 7.28. The second-order valence-electron chi connectivity index (χ2n) is 4.98. The van der Waals surface area contributed by atoms with Crippen LogP contribution in [0.3, 0.4) is 0 Å². The van der Waals surface area contributed by atoms with Crippen molar-refractivity contribution in [1.82, 2.24) is 10.6 Å². The molecule has 1 aliphatic rings. The summed E-state index contributed by atoms with van der Waals surface area (Å²) < 4.78 is 0. The molecule has 1 heterocycles. The van der Waals surface area contributed by atoms with Crippen LogP contribution in [0, 0.1) is 0 Å². The highest BCUT2D eigenvalue weighted by atomic mass is 15.3. The first-order valence-electron chi connectivity index (χ1n) is 6.41. The van der Waals surface area contributed by atoms with E-state index < -0.39 is 0 Å². The van der Waals surface area contributed by atoms with Gasteiger partial charge in [0.2, 0.25) is 0 Å². The van der Waals surface area contributed by atoms with Crippen LogP contribution in [-0.4, -0.2) is 6.54 Å². The first-order valence-corrected chi connectivity index (χ1v) is 6.41. The molecule has 2 atom stereocenters. The summed E-state index contributed by atoms with van der Waals surface area (Å²) in [6.07, 6.45) is 0. The van der Waals surface area contributed by atoms with Crippen LogP contribution in [0.25, 0.3) is 0 Å². The minimum Gasteiger partial charge on any atom is -0.294 e. The quantitative estimate of drug-likeness (QED) is 0.840. The third-order valence-corrected chi connectivity index (χ3v) is 3.68. The molecule has 0 radical (unpaired) electrons. The lowest BCUT2D eigenvalue weighted by Crippen LogP contribution is -2.42. The standard InChI is InChI=1S/C16H18N2/c1-16(14-10-6-3-7-11-14)17-12-15(18-16)13-8-4-2-5-9-13/h2-11,15,17-18H,12H2,1H3. The van der Waals surface area contributed by atoms with Gasteiger partial charge in [0.15, 0.2) is 0 Å². The monoisotopic (exact) mass is 238 g/mol. The van der Waals surface area contributed by atoms with Gasteiger partial charge in [0.1, 0.15) is 0 Å². The third kappa shape index (κ3) is 2.05. The maximum Gasteiger partial charge on any atom is 0.0926 e. The van der Waals surface area contributed by atoms with Crippen LogP contribution in [0.5, 0.6) is 0 Å². The lowest BCUT2D eigenvalue weighted by atomic mass is 10.0. The zero-order valence-corrected chi connectivity index (χ0v) is 10.6. The Morgan fingerprint density at radius 1 is 0.944 bits per heavy atom. The average Bonchev–Trinajstić information content (AvgIpc) is 2.85. The van der Waals surface area contributed by atoms with Gasteiger partial charge in [-0.1, -0.05) is 60.7 Å². The predicted molar refractivity (Wildman–Crippen MR) is 74.1 cm³/mol. The molecule has 1 fully saturated rings. The van der Waals surface area contributed by atoms with Gasteiger partial charge < -0.3 is 0 Å². The normalized spacial score (nSPS) is 27.3. The van der Waals surface area contributed by atoms with Crippen LogP contribution in [0.1, 0.15) is 24.1 Å². The van der Waals surface area contributed by atoms with E-state index in [0.29, 0.717) is 6.04 Å². The highest BCUT2D eigenvalue weighted by molar-refractivity contribution is 5.28. The van der Waals surface area contributed by atoms with Crippen molar-refractivity contribution in [3.63, 3.8) is 0 Å². The molecule has 3 rings (SSSR count). The molecular weight excluding hydrogens is 220 g/mol. The molecule has 2 N–H and O–H groups in total. The van der Waals surface area contributed by atoms with E-state index in [2.05, 4.69) is 78.2 Å². The van der Waals surface area contributed by atoms with E-state index >= 15 is 0 Å². The molecule has 0 aliphatic carbocycles. The van der Waals surface area contributed by atoms with Gasteiger partial charge in [0.05, 0.1) is 5.66 Å². The van der Waals surface area contributed by atoms with E-state index in [1.54, 1.807) is 0 Å². The lowest BCUT2D eigenvalue weighted by Gasteiger charge is -2.26. The van der Waals surface area contributed by atoms with Crippen LogP contribution in [0.4, 0.5) is 0 Å². The average molecular weight is 238 g/mol. The number of nitrogens with one attached hydrogen (secondary N) is 2. The molecule has 0 amide bonds. The van der Waals surface area contributed by atoms with Crippen LogP contribution in [-0.2, 0) is 5.66 Å². The Labute approximate surface area is 108 Å². The van der Waals surface area contributed by atoms with Crippen molar-refractivity contribution >= 4 is 0 Å². The highest BCUT2D eigenvalue weighted by Gasteiger charge is 2.35. The maximum atomic E-state index is 3.69. The number of rotatable bonds is 2. The van der Waals surface area contributed by atoms with Crippen molar-refractivity contribution in [1.29, 1.82) is 0 Å². The molecule has 0 aromatic heterocycles. The molecule has 1 aliphatic heterocycles. The summed E-state index contributed by atoms with van der Waals surface area (Å²) in [5.74, 6) is 0. The molecule has 0 spiro atoms. The van der Waals surface area contributed by atoms with Gasteiger partial charge in [-0.2, -0.15) is 0 Å². The fourth-order valence-electron chi connectivity index (χ4n) is 2.60. The SMILES string of the molecule is CC1(c2ccccc2)NCC(c2ccccc2)N1. The minimum absolute atomic E-state index is 0.137. The summed E-state index contributed by atoms with van der Waals surface area (Å²) >= 11 is 0. The van der Waals surface area contributed by atoms with Crippen molar-refractivity contribution in [3.05, 3.63) is 71.8 Å². The van der Waals surface area contributed by atoms with Crippen molar-refractivity contribution in [2.75, 3.05) is 6.54 Å². The van der Waals surface area contributed by atoms with Crippen molar-refractivity contribution in [2.45, 2.75) is 18.6 Å². The summed E-state index contributed by atoms with van der Waals surface area (Å²) in [6.45, 7) is 3.15. The summed E-state index contributed by atoms with van der Waals surface area (Å²) in [7, 11) is 0. The molecule has 92 valence electrons. The van der Waals surface area contributed by atoms with Crippen molar-refractivity contribution < 1.29 is 0 Å². The van der Waals surface area contributed by atoms with Gasteiger partial charge in [-0.05, 0) is 18.1 Å². The molecule has 2 aromatic rings. The topological polar surface area (TPSA) is 24.1 Å². The molecule has 2 heteroatoms. The number of hydrogen-bond acceptors (Lipinski definition) is 2. The Hall–Kier alpha value is -1.64. The molecule has 1 saturated heterocycles. The first kappa shape index (κ1) is 11.5. The Kier molecular flexibility index (Phi) is 2.90. The van der Waals surface area contributed by atoms with Crippen LogP contribution in [0.15, 0.2) is 60.7 Å². The number of hydrogen-bond donors (Lipinski definition) is 2. The Morgan fingerprint density at radius 2 is 1.56 bits per heavy atom. The van der Waals surface area contributed by atoms with E-state index in [0.717, 1.165) is 6.54 Å².